The highest BCUT2D eigenvalue weighted by atomic mass is 16.5. The fraction of sp³-hybridized carbons (Fsp3) is 0.556. The van der Waals surface area contributed by atoms with Crippen LogP contribution >= 0.6 is 0 Å². The van der Waals surface area contributed by atoms with Crippen molar-refractivity contribution in [2.45, 2.75) is 46.2 Å². The Kier molecular flexibility index (Phi) is 8.16. The van der Waals surface area contributed by atoms with Crippen LogP contribution in [0.15, 0.2) is 46.3 Å². The molecular weight excluding hydrogens is 288 g/mol. The molecule has 0 fully saturated rings. The van der Waals surface area contributed by atoms with Gasteiger partial charge in [0.25, 0.3) is 0 Å². The number of nitrogens with one attached hydrogen (secondary N) is 1. The van der Waals surface area contributed by atoms with Gasteiger partial charge in [-0.25, -0.2) is 0 Å². The molecule has 5 heteroatoms. The van der Waals surface area contributed by atoms with Gasteiger partial charge in [0.1, 0.15) is 5.75 Å². The summed E-state index contributed by atoms with van der Waals surface area (Å²) in [5.41, 5.74) is 2.30. The number of nitrogens with zero attached hydrogens (tertiary/aromatic N) is 3. The van der Waals surface area contributed by atoms with Gasteiger partial charge in [-0.15, -0.1) is 0 Å². The van der Waals surface area contributed by atoms with Crippen molar-refractivity contribution in [3.8, 4) is 5.75 Å². The van der Waals surface area contributed by atoms with Gasteiger partial charge in [0, 0.05) is 19.6 Å². The van der Waals surface area contributed by atoms with Gasteiger partial charge < -0.3 is 10.1 Å². The quantitative estimate of drug-likeness (QED) is 0.413. The fourth-order valence-corrected chi connectivity index (χ4v) is 2.12. The molecule has 0 saturated carbocycles. The van der Waals surface area contributed by atoms with Crippen molar-refractivity contribution in [3.63, 3.8) is 0 Å². The van der Waals surface area contributed by atoms with Crippen LogP contribution in [0.3, 0.4) is 0 Å². The van der Waals surface area contributed by atoms with Gasteiger partial charge >= 0.3 is 0 Å². The zero-order valence-corrected chi connectivity index (χ0v) is 15.2. The zero-order chi connectivity index (χ0) is 17.2. The molecule has 0 spiro atoms. The second kappa shape index (κ2) is 9.87. The number of benzene rings is 1. The summed E-state index contributed by atoms with van der Waals surface area (Å²) in [5.74, 6) is 0.856. The highest BCUT2D eigenvalue weighted by Crippen LogP contribution is 2.26. The minimum atomic E-state index is 0.220. The molecule has 1 rings (SSSR count). The molecule has 0 heterocycles. The number of rotatable bonds is 9. The Morgan fingerprint density at radius 3 is 2.65 bits per heavy atom. The number of para-hydroxylation sites is 2. The number of ether oxygens (including phenoxy) is 1. The van der Waals surface area contributed by atoms with Gasteiger partial charge in [0.15, 0.2) is 0 Å². The molecule has 1 atom stereocenters. The van der Waals surface area contributed by atoms with Crippen molar-refractivity contribution in [3.05, 3.63) is 35.9 Å². The predicted molar refractivity (Wildman–Crippen MR) is 97.1 cm³/mol. The van der Waals surface area contributed by atoms with E-state index in [9.17, 15) is 0 Å². The first-order valence-electron chi connectivity index (χ1n) is 8.12. The molecule has 0 aliphatic carbocycles. The minimum Gasteiger partial charge on any atom is -0.495 e. The number of anilines is 1. The van der Waals surface area contributed by atoms with Crippen molar-refractivity contribution >= 4 is 5.69 Å². The average molecular weight is 318 g/mol. The molecule has 1 aromatic rings. The molecule has 0 radical (unpaired) electrons. The molecule has 0 bridgehead atoms. The number of methoxy groups -OCH3 is 1. The number of hydrogen-bond donors (Lipinski definition) is 1. The SMILES string of the molecule is C/C=C(\C)C(CCN(C)N=NC(C)C)Nc1ccccc1OC. The van der Waals surface area contributed by atoms with Gasteiger partial charge in [0.2, 0.25) is 0 Å². The Morgan fingerprint density at radius 2 is 2.04 bits per heavy atom. The lowest BCUT2D eigenvalue weighted by molar-refractivity contribution is 0.312. The maximum atomic E-state index is 5.42. The molecule has 0 aliphatic rings. The molecule has 0 aliphatic heterocycles. The van der Waals surface area contributed by atoms with Gasteiger partial charge in [-0.05, 0) is 46.2 Å². The molecule has 1 aromatic carbocycles. The van der Waals surface area contributed by atoms with Crippen molar-refractivity contribution in [1.29, 1.82) is 0 Å². The first kappa shape index (κ1) is 19.0. The van der Waals surface area contributed by atoms with Gasteiger partial charge in [-0.1, -0.05) is 29.0 Å². The maximum absolute atomic E-state index is 5.42. The monoisotopic (exact) mass is 318 g/mol. The smallest absolute Gasteiger partial charge is 0.141 e. The first-order chi connectivity index (χ1) is 11.0. The van der Waals surface area contributed by atoms with Gasteiger partial charge in [-0.2, -0.15) is 5.11 Å². The topological polar surface area (TPSA) is 49.2 Å². The highest BCUT2D eigenvalue weighted by molar-refractivity contribution is 5.57. The molecule has 128 valence electrons. The van der Waals surface area contributed by atoms with E-state index in [2.05, 4.69) is 35.6 Å². The van der Waals surface area contributed by atoms with Crippen LogP contribution in [0.4, 0.5) is 5.69 Å². The lowest BCUT2D eigenvalue weighted by Gasteiger charge is -2.24. The van der Waals surface area contributed by atoms with Crippen molar-refractivity contribution in [2.75, 3.05) is 26.0 Å². The summed E-state index contributed by atoms with van der Waals surface area (Å²) < 4.78 is 5.42. The lowest BCUT2D eigenvalue weighted by atomic mass is 10.0. The Hall–Kier alpha value is -2.04. The summed E-state index contributed by atoms with van der Waals surface area (Å²) in [7, 11) is 3.65. The van der Waals surface area contributed by atoms with E-state index >= 15 is 0 Å². The van der Waals surface area contributed by atoms with Crippen LogP contribution in [0.2, 0.25) is 0 Å². The standard InChI is InChI=1S/C18H30N4O/c1-7-15(4)16(12-13-22(5)21-20-14(2)3)19-17-10-8-9-11-18(17)23-6/h7-11,14,16,19H,12-13H2,1-6H3/b15-7+,21-20?. The Morgan fingerprint density at radius 1 is 1.35 bits per heavy atom. The number of allylic oxidation sites excluding steroid dienone is 1. The third-order valence-electron chi connectivity index (χ3n) is 3.62. The second-order valence-electron chi connectivity index (χ2n) is 5.90. The summed E-state index contributed by atoms with van der Waals surface area (Å²) in [6, 6.07) is 8.44. The summed E-state index contributed by atoms with van der Waals surface area (Å²) in [5, 5.41) is 13.8. The second-order valence-corrected chi connectivity index (χ2v) is 5.90. The van der Waals surface area contributed by atoms with E-state index in [1.54, 1.807) is 7.11 Å². The normalized spacial score (nSPS) is 13.4. The third-order valence-corrected chi connectivity index (χ3v) is 3.62. The van der Waals surface area contributed by atoms with E-state index in [1.165, 1.54) is 5.57 Å². The lowest BCUT2D eigenvalue weighted by Crippen LogP contribution is -2.26. The number of hydrogen-bond acceptors (Lipinski definition) is 4. The molecule has 1 unspecified atom stereocenters. The van der Waals surface area contributed by atoms with Crippen LogP contribution in [-0.2, 0) is 0 Å². The molecule has 5 nitrogen and oxygen atoms in total. The summed E-state index contributed by atoms with van der Waals surface area (Å²) in [4.78, 5) is 0. The Labute approximate surface area is 140 Å². The van der Waals surface area contributed by atoms with Crippen LogP contribution < -0.4 is 10.1 Å². The van der Waals surface area contributed by atoms with Crippen LogP contribution in [0.5, 0.6) is 5.75 Å². The van der Waals surface area contributed by atoms with Crippen LogP contribution in [0.25, 0.3) is 0 Å². The summed E-state index contributed by atoms with van der Waals surface area (Å²) >= 11 is 0. The van der Waals surface area contributed by atoms with Gasteiger partial charge in [0.05, 0.1) is 18.8 Å². The predicted octanol–water partition coefficient (Wildman–Crippen LogP) is 4.54. The van der Waals surface area contributed by atoms with Crippen molar-refractivity contribution in [1.82, 2.24) is 5.01 Å². The van der Waals surface area contributed by atoms with Crippen LogP contribution in [0.1, 0.15) is 34.1 Å². The van der Waals surface area contributed by atoms with Crippen LogP contribution in [0, 0.1) is 0 Å². The highest BCUT2D eigenvalue weighted by Gasteiger charge is 2.13. The molecule has 0 aromatic heterocycles. The zero-order valence-electron chi connectivity index (χ0n) is 15.2. The largest absolute Gasteiger partial charge is 0.495 e. The van der Waals surface area contributed by atoms with E-state index in [4.69, 9.17) is 4.74 Å². The molecule has 0 amide bonds. The molecule has 0 saturated heterocycles. The summed E-state index contributed by atoms with van der Waals surface area (Å²) in [6.07, 6.45) is 3.07. The Balaban J connectivity index is 2.74. The molecule has 23 heavy (non-hydrogen) atoms. The average Bonchev–Trinajstić information content (AvgIpc) is 2.56. The molecular formula is C18H30N4O. The summed E-state index contributed by atoms with van der Waals surface area (Å²) in [6.45, 7) is 9.08. The van der Waals surface area contributed by atoms with E-state index in [-0.39, 0.29) is 12.1 Å². The Bertz CT molecular complexity index is 526. The minimum absolute atomic E-state index is 0.220. The fourth-order valence-electron chi connectivity index (χ4n) is 2.12. The molecule has 1 N–H and O–H groups in total. The van der Waals surface area contributed by atoms with E-state index in [1.807, 2.05) is 50.2 Å². The third kappa shape index (κ3) is 6.72. The van der Waals surface area contributed by atoms with Crippen LogP contribution in [-0.4, -0.2) is 37.8 Å². The first-order valence-corrected chi connectivity index (χ1v) is 8.12. The van der Waals surface area contributed by atoms with E-state index in [0.717, 1.165) is 24.4 Å². The maximum Gasteiger partial charge on any atom is 0.141 e. The van der Waals surface area contributed by atoms with Crippen molar-refractivity contribution in [2.24, 2.45) is 10.3 Å². The van der Waals surface area contributed by atoms with E-state index < -0.39 is 0 Å². The van der Waals surface area contributed by atoms with E-state index in [0.29, 0.717) is 0 Å². The van der Waals surface area contributed by atoms with Gasteiger partial charge in [-0.3, -0.25) is 5.01 Å². The van der Waals surface area contributed by atoms with Crippen molar-refractivity contribution < 1.29 is 4.74 Å².